The minimum absolute atomic E-state index is 0.150. The van der Waals surface area contributed by atoms with Gasteiger partial charge in [-0.1, -0.05) is 66.7 Å². The highest BCUT2D eigenvalue weighted by Crippen LogP contribution is 2.27. The number of H-pyrrole nitrogens is 1. The van der Waals surface area contributed by atoms with Crippen molar-refractivity contribution in [3.05, 3.63) is 114 Å². The molecular formula is C25H22FN3O2. The Balaban J connectivity index is 1.47. The molecule has 4 aromatic rings. The van der Waals surface area contributed by atoms with Crippen molar-refractivity contribution in [2.24, 2.45) is 0 Å². The van der Waals surface area contributed by atoms with E-state index in [0.29, 0.717) is 6.54 Å². The molecule has 0 bridgehead atoms. The van der Waals surface area contributed by atoms with E-state index in [9.17, 15) is 9.18 Å². The summed E-state index contributed by atoms with van der Waals surface area (Å²) >= 11 is 0. The number of rotatable bonds is 7. The van der Waals surface area contributed by atoms with Crippen molar-refractivity contribution >= 4 is 6.09 Å². The van der Waals surface area contributed by atoms with Gasteiger partial charge < -0.3 is 10.1 Å². The topological polar surface area (TPSA) is 67.0 Å². The molecule has 5 nitrogen and oxygen atoms in total. The zero-order chi connectivity index (χ0) is 21.5. The number of amides is 1. The van der Waals surface area contributed by atoms with E-state index in [-0.39, 0.29) is 18.3 Å². The molecule has 2 N–H and O–H groups in total. The minimum atomic E-state index is -0.494. The molecule has 1 aromatic heterocycles. The average Bonchev–Trinajstić information content (AvgIpc) is 3.35. The molecule has 3 aromatic carbocycles. The quantitative estimate of drug-likeness (QED) is 0.432. The third-order valence-corrected chi connectivity index (χ3v) is 5.08. The normalized spacial score (nSPS) is 11.6. The van der Waals surface area contributed by atoms with Gasteiger partial charge in [0.25, 0.3) is 0 Å². The number of nitrogens with zero attached hydrogens (tertiary/aromatic N) is 1. The summed E-state index contributed by atoms with van der Waals surface area (Å²) in [6, 6.07) is 23.9. The van der Waals surface area contributed by atoms with Gasteiger partial charge in [0.1, 0.15) is 12.4 Å². The predicted octanol–water partition coefficient (Wildman–Crippen LogP) is 5.27. The molecule has 4 rings (SSSR count). The van der Waals surface area contributed by atoms with E-state index >= 15 is 0 Å². The van der Waals surface area contributed by atoms with Crippen LogP contribution in [0.1, 0.15) is 22.6 Å². The number of benzene rings is 3. The summed E-state index contributed by atoms with van der Waals surface area (Å²) < 4.78 is 18.8. The van der Waals surface area contributed by atoms with E-state index in [1.807, 2.05) is 60.8 Å². The van der Waals surface area contributed by atoms with Crippen LogP contribution in [0, 0.1) is 5.82 Å². The standard InChI is InChI=1S/C25H22FN3O2/c26-23-12-10-21(11-13-23)24(16-27-25(30)31-17-18-4-2-1-3-5-18)20-8-6-19(7-9-20)22-14-28-29-15-22/h1-15,24H,16-17H2,(H,27,30)(H,28,29). The second-order valence-electron chi connectivity index (χ2n) is 7.16. The first kappa shape index (κ1) is 20.3. The molecule has 6 heteroatoms. The fraction of sp³-hybridized carbons (Fsp3) is 0.120. The Bertz CT molecular complexity index is 1100. The molecule has 1 atom stereocenters. The molecule has 0 saturated carbocycles. The zero-order valence-corrected chi connectivity index (χ0v) is 16.8. The van der Waals surface area contributed by atoms with Crippen LogP contribution >= 0.6 is 0 Å². The molecule has 156 valence electrons. The largest absolute Gasteiger partial charge is 0.445 e. The van der Waals surface area contributed by atoms with Crippen LogP contribution in [0.15, 0.2) is 91.3 Å². The summed E-state index contributed by atoms with van der Waals surface area (Å²) in [4.78, 5) is 12.2. The number of hydrogen-bond donors (Lipinski definition) is 2. The van der Waals surface area contributed by atoms with Crippen molar-refractivity contribution in [2.75, 3.05) is 6.54 Å². The summed E-state index contributed by atoms with van der Waals surface area (Å²) in [5, 5.41) is 9.62. The molecule has 0 spiro atoms. The Morgan fingerprint density at radius 3 is 2.26 bits per heavy atom. The smallest absolute Gasteiger partial charge is 0.407 e. The first-order valence-electron chi connectivity index (χ1n) is 9.98. The minimum Gasteiger partial charge on any atom is -0.445 e. The number of ether oxygens (including phenoxy) is 1. The Hall–Kier alpha value is -3.93. The van der Waals surface area contributed by atoms with Crippen LogP contribution in [0.5, 0.6) is 0 Å². The molecule has 0 aliphatic heterocycles. The van der Waals surface area contributed by atoms with Crippen molar-refractivity contribution in [3.8, 4) is 11.1 Å². The summed E-state index contributed by atoms with van der Waals surface area (Å²) in [5.41, 5.74) is 4.85. The number of aromatic nitrogens is 2. The zero-order valence-electron chi connectivity index (χ0n) is 16.8. The van der Waals surface area contributed by atoms with E-state index in [2.05, 4.69) is 15.5 Å². The van der Waals surface area contributed by atoms with Crippen LogP contribution in [-0.4, -0.2) is 22.8 Å². The monoisotopic (exact) mass is 415 g/mol. The van der Waals surface area contributed by atoms with E-state index in [4.69, 9.17) is 4.74 Å². The molecule has 0 saturated heterocycles. The highest BCUT2D eigenvalue weighted by Gasteiger charge is 2.16. The van der Waals surface area contributed by atoms with Gasteiger partial charge >= 0.3 is 6.09 Å². The van der Waals surface area contributed by atoms with Gasteiger partial charge in [-0.25, -0.2) is 9.18 Å². The number of carbonyl (C=O) groups excluding carboxylic acids is 1. The van der Waals surface area contributed by atoms with Gasteiger partial charge in [0.15, 0.2) is 0 Å². The summed E-state index contributed by atoms with van der Waals surface area (Å²) in [6.07, 6.45) is 3.10. The predicted molar refractivity (Wildman–Crippen MR) is 117 cm³/mol. The maximum absolute atomic E-state index is 13.4. The van der Waals surface area contributed by atoms with Crippen LogP contribution in [0.2, 0.25) is 0 Å². The van der Waals surface area contributed by atoms with Crippen molar-refractivity contribution < 1.29 is 13.9 Å². The number of aromatic amines is 1. The van der Waals surface area contributed by atoms with E-state index in [0.717, 1.165) is 27.8 Å². The lowest BCUT2D eigenvalue weighted by Gasteiger charge is -2.19. The highest BCUT2D eigenvalue weighted by molar-refractivity contribution is 5.67. The molecule has 0 aliphatic rings. The second kappa shape index (κ2) is 9.71. The van der Waals surface area contributed by atoms with Gasteiger partial charge in [0.2, 0.25) is 0 Å². The van der Waals surface area contributed by atoms with Crippen LogP contribution in [0.4, 0.5) is 9.18 Å². The Morgan fingerprint density at radius 1 is 0.935 bits per heavy atom. The Labute approximate surface area is 179 Å². The Morgan fingerprint density at radius 2 is 1.61 bits per heavy atom. The lowest BCUT2D eigenvalue weighted by molar-refractivity contribution is 0.139. The summed E-state index contributed by atoms with van der Waals surface area (Å²) in [5.74, 6) is -0.448. The maximum atomic E-state index is 13.4. The first-order chi connectivity index (χ1) is 15.2. The van der Waals surface area contributed by atoms with Crippen LogP contribution in [0.3, 0.4) is 0 Å². The van der Waals surface area contributed by atoms with E-state index in [1.165, 1.54) is 12.1 Å². The number of halogens is 1. The fourth-order valence-electron chi connectivity index (χ4n) is 3.40. The number of nitrogens with one attached hydrogen (secondary N) is 2. The van der Waals surface area contributed by atoms with Crippen molar-refractivity contribution in [1.82, 2.24) is 15.5 Å². The van der Waals surface area contributed by atoms with Gasteiger partial charge in [0.05, 0.1) is 6.20 Å². The number of alkyl carbamates (subject to hydrolysis) is 1. The Kier molecular flexibility index (Phi) is 6.38. The van der Waals surface area contributed by atoms with E-state index in [1.54, 1.807) is 18.3 Å². The molecule has 1 unspecified atom stereocenters. The van der Waals surface area contributed by atoms with E-state index < -0.39 is 6.09 Å². The third-order valence-electron chi connectivity index (χ3n) is 5.08. The van der Waals surface area contributed by atoms with Crippen LogP contribution < -0.4 is 5.32 Å². The molecule has 31 heavy (non-hydrogen) atoms. The molecule has 1 heterocycles. The van der Waals surface area contributed by atoms with Crippen molar-refractivity contribution in [3.63, 3.8) is 0 Å². The number of carbonyl (C=O) groups is 1. The fourth-order valence-corrected chi connectivity index (χ4v) is 3.40. The van der Waals surface area contributed by atoms with Crippen molar-refractivity contribution in [2.45, 2.75) is 12.5 Å². The second-order valence-corrected chi connectivity index (χ2v) is 7.16. The van der Waals surface area contributed by atoms with Crippen LogP contribution in [0.25, 0.3) is 11.1 Å². The first-order valence-corrected chi connectivity index (χ1v) is 9.98. The van der Waals surface area contributed by atoms with Gasteiger partial charge in [-0.3, -0.25) is 5.10 Å². The lowest BCUT2D eigenvalue weighted by atomic mass is 9.90. The summed E-state index contributed by atoms with van der Waals surface area (Å²) in [6.45, 7) is 0.525. The highest BCUT2D eigenvalue weighted by atomic mass is 19.1. The third kappa shape index (κ3) is 5.36. The lowest BCUT2D eigenvalue weighted by Crippen LogP contribution is -2.29. The molecule has 1 amide bonds. The molecule has 0 radical (unpaired) electrons. The maximum Gasteiger partial charge on any atom is 0.407 e. The van der Waals surface area contributed by atoms with Crippen LogP contribution in [-0.2, 0) is 11.3 Å². The van der Waals surface area contributed by atoms with Gasteiger partial charge in [-0.05, 0) is 34.4 Å². The van der Waals surface area contributed by atoms with Gasteiger partial charge in [-0.2, -0.15) is 5.10 Å². The molecular weight excluding hydrogens is 393 g/mol. The van der Waals surface area contributed by atoms with Gasteiger partial charge in [0, 0.05) is 24.2 Å². The average molecular weight is 415 g/mol. The number of hydrogen-bond acceptors (Lipinski definition) is 3. The molecule has 0 aliphatic carbocycles. The van der Waals surface area contributed by atoms with Crippen molar-refractivity contribution in [1.29, 1.82) is 0 Å². The SMILES string of the molecule is O=C(NCC(c1ccc(F)cc1)c1ccc(-c2cn[nH]c2)cc1)OCc1ccccc1. The summed E-state index contributed by atoms with van der Waals surface area (Å²) in [7, 11) is 0. The molecule has 0 fully saturated rings. The van der Waals surface area contributed by atoms with Gasteiger partial charge in [-0.15, -0.1) is 0 Å².